The van der Waals surface area contributed by atoms with E-state index < -0.39 is 106 Å². The van der Waals surface area contributed by atoms with Crippen molar-refractivity contribution in [1.29, 1.82) is 0 Å². The van der Waals surface area contributed by atoms with E-state index >= 15 is 0 Å². The molecule has 654 valence electrons. The molecule has 9 aromatic carbocycles. The van der Waals surface area contributed by atoms with Gasteiger partial charge in [-0.2, -0.15) is 0 Å². The van der Waals surface area contributed by atoms with Gasteiger partial charge in [-0.05, 0) is 186 Å². The van der Waals surface area contributed by atoms with Gasteiger partial charge in [0.15, 0.2) is 19.8 Å². The zero-order chi connectivity index (χ0) is 90.3. The molecule has 3 atom stereocenters. The van der Waals surface area contributed by atoms with Crippen molar-refractivity contribution in [2.45, 2.75) is 233 Å². The number of carboxylic acids is 3. The second kappa shape index (κ2) is 39.1. The summed E-state index contributed by atoms with van der Waals surface area (Å²) < 4.78 is 44.1. The van der Waals surface area contributed by atoms with Gasteiger partial charge in [-0.15, -0.1) is 0 Å². The third-order valence-electron chi connectivity index (χ3n) is 22.6. The lowest BCUT2D eigenvalue weighted by Gasteiger charge is -2.29. The van der Waals surface area contributed by atoms with Crippen LogP contribution in [0.25, 0.3) is 0 Å². The Labute approximate surface area is 751 Å². The van der Waals surface area contributed by atoms with Crippen LogP contribution >= 0.6 is 47.8 Å². The Kier molecular flexibility index (Phi) is 30.3. The molecule has 3 amide bonds. The number of ether oxygens (including phenoxy) is 6. The van der Waals surface area contributed by atoms with E-state index in [1.54, 1.807) is 21.3 Å². The van der Waals surface area contributed by atoms with Crippen LogP contribution in [0.5, 0.6) is 34.5 Å². The fourth-order valence-corrected chi connectivity index (χ4v) is 16.4. The van der Waals surface area contributed by atoms with Crippen molar-refractivity contribution in [3.05, 3.63) is 276 Å². The first kappa shape index (κ1) is 95.3. The minimum Gasteiger partial charge on any atom is -0.496 e. The lowest BCUT2D eigenvalue weighted by atomic mass is 9.79. The lowest BCUT2D eigenvalue weighted by molar-refractivity contribution is -0.142. The molecule has 123 heavy (non-hydrogen) atoms. The van der Waals surface area contributed by atoms with E-state index in [1.165, 1.54) is 0 Å². The molecule has 3 unspecified atom stereocenters. The average molecular weight is 1870 g/mol. The van der Waals surface area contributed by atoms with E-state index in [4.69, 9.17) is 28.4 Å². The van der Waals surface area contributed by atoms with Gasteiger partial charge in [0, 0.05) is 71.2 Å². The molecule has 0 saturated carbocycles. The maximum Gasteiger partial charge on any atom is 0.326 e. The Morgan fingerprint density at radius 3 is 0.577 bits per heavy atom. The van der Waals surface area contributed by atoms with Gasteiger partial charge in [0.2, 0.25) is 0 Å². The Hall–Kier alpha value is -9.96. The van der Waals surface area contributed by atoms with E-state index in [9.17, 15) is 44.1 Å². The number of methoxy groups -OCH3 is 3. The van der Waals surface area contributed by atoms with Crippen molar-refractivity contribution in [1.82, 2.24) is 16.0 Å². The van der Waals surface area contributed by atoms with Gasteiger partial charge >= 0.3 is 17.9 Å². The highest BCUT2D eigenvalue weighted by atomic mass is 79.9. The normalized spacial score (nSPS) is 13.6. The zero-order valence-corrected chi connectivity index (χ0v) is 79.7. The van der Waals surface area contributed by atoms with Crippen LogP contribution in [0.4, 0.5) is 0 Å². The van der Waals surface area contributed by atoms with E-state index in [-0.39, 0.29) is 57.8 Å². The molecule has 0 aromatic heterocycles. The number of rotatable bonds is 24. The molecule has 6 N–H and O–H groups in total. The highest BCUT2D eigenvalue weighted by Gasteiger charge is 2.34. The van der Waals surface area contributed by atoms with Crippen LogP contribution in [0.2, 0.25) is 0 Å². The highest BCUT2D eigenvalue weighted by molar-refractivity contribution is 9.11. The second-order valence-electron chi connectivity index (χ2n) is 38.6. The minimum atomic E-state index is -1.31. The molecule has 0 aliphatic heterocycles. The minimum absolute atomic E-state index is 0.00184. The molecular formula is C102H120Br3N3O15. The summed E-state index contributed by atoms with van der Waals surface area (Å²) in [4.78, 5) is 83.7. The quantitative estimate of drug-likeness (QED) is 0.0329. The summed E-state index contributed by atoms with van der Waals surface area (Å²) in [6.07, 6.45) is 1.11. The zero-order valence-electron chi connectivity index (χ0n) is 74.9. The summed E-state index contributed by atoms with van der Waals surface area (Å²) in [6.45, 7) is 36.9. The third kappa shape index (κ3) is 25.0. The second-order valence-corrected chi connectivity index (χ2v) is 41.4. The van der Waals surface area contributed by atoms with Crippen LogP contribution < -0.4 is 44.4 Å². The lowest BCUT2D eigenvalue weighted by Crippen LogP contribution is -2.44. The first-order valence-electron chi connectivity index (χ1n) is 41.7. The summed E-state index contributed by atoms with van der Waals surface area (Å²) in [5, 5.41) is 40.5. The number of hydrogen-bond donors (Lipinski definition) is 6. The van der Waals surface area contributed by atoms with Crippen molar-refractivity contribution >= 4 is 83.4 Å². The van der Waals surface area contributed by atoms with Crippen LogP contribution in [-0.2, 0) is 119 Å². The number of nitrogens with one attached hydrogen (secondary N) is 3. The maximum atomic E-state index is 14.8. The number of carboxylic acid groups (broad SMARTS) is 3. The van der Waals surface area contributed by atoms with Gasteiger partial charge in [-0.25, -0.2) is 14.4 Å². The van der Waals surface area contributed by atoms with Gasteiger partial charge in [-0.3, -0.25) is 14.4 Å². The monoisotopic (exact) mass is 1860 g/mol. The molecule has 0 fully saturated rings. The molecule has 10 rings (SSSR count). The van der Waals surface area contributed by atoms with Crippen molar-refractivity contribution < 1.29 is 72.5 Å². The third-order valence-corrected chi connectivity index (χ3v) is 24.1. The predicted molar refractivity (Wildman–Crippen MR) is 496 cm³/mol. The number of amides is 3. The van der Waals surface area contributed by atoms with E-state index in [0.29, 0.717) is 84.6 Å². The number of hydrogen-bond acceptors (Lipinski definition) is 12. The molecule has 0 spiro atoms. The molecular weight excluding hydrogens is 1750 g/mol. The van der Waals surface area contributed by atoms with Gasteiger partial charge in [0.25, 0.3) is 17.7 Å². The standard InChI is InChI=1S/C102H120Br3N3O15/c1-97(2,3)73-43-61-37-67-49-76(100(10,11)12)51-69(91(67)121-55-85(109)106-82(94(112)113)34-58-22-28-79(103)29-23-58)39-63-45-74(98(4,5)6)47-65(89(63)119-20)41-71-53-78(102(16,17)18)54-72(93(71)123-57-87(111)108-84(96(116)117)36-60-26-32-81(105)33-27-60)42-66-48-75(99(7,8)9)46-64(90(66)120-21)40-70-52-77(101(13,14)15)50-68(38-62(44-73)88(61)118-19)92(70)122-56-86(110)107-83(95(114)115)35-59-24-30-80(104)31-25-59/h22-33,43-54,82-84H,34-42,55-57H2,1-21H3,(H,106,109)(H,107,110)(H,108,111)(H,112,113)(H,114,115)(H,116,117). The number of aliphatic carboxylic acids is 3. The summed E-state index contributed by atoms with van der Waals surface area (Å²) in [6, 6.07) is 43.5. The SMILES string of the molecule is COc1c2cc(C(C)(C)C)cc1Cc1cc(C(C)(C)C)cc(c1OCC(=O)NC(Cc1ccc(Br)cc1)C(=O)O)Cc1cc(C(C)(C)C)cc(c1OC)Cc1cc(C(C)(C)C)cc(c1OCC(=O)NC(Cc1ccc(Br)cc1)C(=O)O)Cc1cc(C(C)(C)C)cc(c1OC)Cc1cc(C(C)(C)C)cc(c1OCC(=O)NC(Cc1ccc(Br)cc1)C(=O)O)C2. The maximum absolute atomic E-state index is 14.8. The molecule has 12 bridgehead atoms. The molecule has 0 saturated heterocycles. The Morgan fingerprint density at radius 2 is 0.439 bits per heavy atom. The molecule has 1 aliphatic rings. The van der Waals surface area contributed by atoms with Gasteiger partial charge in [0.05, 0.1) is 21.3 Å². The first-order chi connectivity index (χ1) is 57.5. The fraction of sp³-hybridized carbons (Fsp3) is 0.412. The van der Waals surface area contributed by atoms with Crippen molar-refractivity contribution in [3.63, 3.8) is 0 Å². The van der Waals surface area contributed by atoms with Crippen LogP contribution in [0.15, 0.2) is 159 Å². The van der Waals surface area contributed by atoms with Crippen LogP contribution in [0, 0.1) is 0 Å². The molecule has 9 aromatic rings. The molecule has 18 nitrogen and oxygen atoms in total. The van der Waals surface area contributed by atoms with Crippen molar-refractivity contribution in [2.24, 2.45) is 0 Å². The van der Waals surface area contributed by atoms with E-state index in [2.05, 4.69) is 261 Å². The van der Waals surface area contributed by atoms with Crippen LogP contribution in [-0.4, -0.2) is 110 Å². The molecule has 1 aliphatic carbocycles. The van der Waals surface area contributed by atoms with Gasteiger partial charge < -0.3 is 59.7 Å². The summed E-state index contributed by atoms with van der Waals surface area (Å²) in [5.41, 5.74) is 13.8. The number of carbonyl (C=O) groups is 6. The highest BCUT2D eigenvalue weighted by Crippen LogP contribution is 2.47. The Bertz CT molecular complexity index is 4730. The number of fused-ring (bicyclic) bond motifs is 12. The smallest absolute Gasteiger partial charge is 0.326 e. The van der Waals surface area contributed by atoms with E-state index in [1.807, 2.05) is 72.8 Å². The topological polar surface area (TPSA) is 255 Å². The van der Waals surface area contributed by atoms with Crippen LogP contribution in [0.1, 0.15) is 241 Å². The first-order valence-corrected chi connectivity index (χ1v) is 44.1. The summed E-state index contributed by atoms with van der Waals surface area (Å²) >= 11 is 10.5. The van der Waals surface area contributed by atoms with Gasteiger partial charge in [0.1, 0.15) is 52.6 Å². The molecule has 21 heteroatoms. The molecule has 0 heterocycles. The number of carbonyl (C=O) groups excluding carboxylic acids is 3. The largest absolute Gasteiger partial charge is 0.496 e. The predicted octanol–water partition coefficient (Wildman–Crippen LogP) is 20.2. The number of halogens is 3. The van der Waals surface area contributed by atoms with Crippen LogP contribution in [0.3, 0.4) is 0 Å². The summed E-state index contributed by atoms with van der Waals surface area (Å²) in [5.74, 6) is -2.83. The average Bonchev–Trinajstić information content (AvgIpc) is 0.764. The Balaban J connectivity index is 1.29. The van der Waals surface area contributed by atoms with E-state index in [0.717, 1.165) is 80.2 Å². The Morgan fingerprint density at radius 1 is 0.285 bits per heavy atom. The van der Waals surface area contributed by atoms with Crippen molar-refractivity contribution in [2.75, 3.05) is 41.2 Å². The van der Waals surface area contributed by atoms with Gasteiger partial charge in [-0.1, -0.05) is 282 Å². The summed E-state index contributed by atoms with van der Waals surface area (Å²) in [7, 11) is 4.96. The van der Waals surface area contributed by atoms with Crippen molar-refractivity contribution in [3.8, 4) is 34.5 Å². The fourth-order valence-electron chi connectivity index (χ4n) is 15.6. The number of benzene rings is 9. The molecule has 0 radical (unpaired) electrons.